The van der Waals surface area contributed by atoms with Gasteiger partial charge in [-0.1, -0.05) is 12.8 Å². The van der Waals surface area contributed by atoms with Crippen molar-refractivity contribution < 1.29 is 9.52 Å². The molecule has 0 aliphatic heterocycles. The zero-order chi connectivity index (χ0) is 10.9. The minimum atomic E-state index is 0.290. The lowest BCUT2D eigenvalue weighted by molar-refractivity contribution is 0.282. The lowest BCUT2D eigenvalue weighted by Gasteiger charge is -2.10. The van der Waals surface area contributed by atoms with Gasteiger partial charge in [-0.2, -0.15) is 0 Å². The van der Waals surface area contributed by atoms with Gasteiger partial charge in [0.1, 0.15) is 5.76 Å². The van der Waals surface area contributed by atoms with Crippen molar-refractivity contribution in [2.75, 3.05) is 13.2 Å². The van der Waals surface area contributed by atoms with E-state index in [0.29, 0.717) is 6.61 Å². The van der Waals surface area contributed by atoms with Crippen molar-refractivity contribution >= 4 is 0 Å². The number of furan rings is 1. The second kappa shape index (κ2) is 7.49. The van der Waals surface area contributed by atoms with Crippen LogP contribution >= 0.6 is 0 Å². The molecule has 0 spiro atoms. The van der Waals surface area contributed by atoms with E-state index in [2.05, 4.69) is 12.2 Å². The maximum atomic E-state index is 8.61. The van der Waals surface area contributed by atoms with Crippen LogP contribution in [0.25, 0.3) is 0 Å². The highest BCUT2D eigenvalue weighted by molar-refractivity contribution is 5.02. The lowest BCUT2D eigenvalue weighted by Crippen LogP contribution is -2.19. The van der Waals surface area contributed by atoms with Gasteiger partial charge in [0.05, 0.1) is 12.3 Å². The smallest absolute Gasteiger partial charge is 0.120 e. The fourth-order valence-corrected chi connectivity index (χ4v) is 1.55. The predicted molar refractivity (Wildman–Crippen MR) is 60.7 cm³/mol. The third kappa shape index (κ3) is 5.00. The van der Waals surface area contributed by atoms with Crippen LogP contribution in [0.5, 0.6) is 0 Å². The molecule has 0 radical (unpaired) electrons. The Balaban J connectivity index is 2.00. The molecular weight excluding hydrogens is 190 g/mol. The van der Waals surface area contributed by atoms with Crippen LogP contribution in [0.3, 0.4) is 0 Å². The van der Waals surface area contributed by atoms with Crippen molar-refractivity contribution in [3.8, 4) is 0 Å². The third-order valence-corrected chi connectivity index (χ3v) is 2.51. The molecule has 0 aliphatic carbocycles. The summed E-state index contributed by atoms with van der Waals surface area (Å²) in [5.74, 6) is 0.991. The van der Waals surface area contributed by atoms with E-state index in [-0.39, 0.29) is 6.04 Å². The summed E-state index contributed by atoms with van der Waals surface area (Å²) in [6.45, 7) is 3.43. The molecule has 3 heteroatoms. The second-order valence-corrected chi connectivity index (χ2v) is 3.83. The molecular formula is C12H21NO2. The monoisotopic (exact) mass is 211 g/mol. The summed E-state index contributed by atoms with van der Waals surface area (Å²) < 4.78 is 5.30. The minimum Gasteiger partial charge on any atom is -0.468 e. The van der Waals surface area contributed by atoms with Crippen LogP contribution in [0, 0.1) is 0 Å². The zero-order valence-electron chi connectivity index (χ0n) is 9.41. The Hall–Kier alpha value is -0.800. The van der Waals surface area contributed by atoms with Crippen molar-refractivity contribution in [3.63, 3.8) is 0 Å². The predicted octanol–water partition coefficient (Wildman–Crippen LogP) is 2.48. The summed E-state index contributed by atoms with van der Waals surface area (Å²) in [6, 6.07) is 4.19. The van der Waals surface area contributed by atoms with Gasteiger partial charge in [0.15, 0.2) is 0 Å². The van der Waals surface area contributed by atoms with Crippen LogP contribution in [-0.2, 0) is 0 Å². The Morgan fingerprint density at radius 3 is 2.80 bits per heavy atom. The lowest BCUT2D eigenvalue weighted by atomic mass is 10.2. The number of hydrogen-bond donors (Lipinski definition) is 2. The maximum Gasteiger partial charge on any atom is 0.120 e. The molecule has 15 heavy (non-hydrogen) atoms. The van der Waals surface area contributed by atoms with Crippen LogP contribution in [-0.4, -0.2) is 18.3 Å². The molecule has 0 aromatic carbocycles. The Bertz CT molecular complexity index is 234. The topological polar surface area (TPSA) is 45.4 Å². The fraction of sp³-hybridized carbons (Fsp3) is 0.667. The molecule has 1 rings (SSSR count). The van der Waals surface area contributed by atoms with E-state index < -0.39 is 0 Å². The summed E-state index contributed by atoms with van der Waals surface area (Å²) in [4.78, 5) is 0. The van der Waals surface area contributed by atoms with Crippen molar-refractivity contribution in [2.24, 2.45) is 0 Å². The molecule has 0 aliphatic rings. The van der Waals surface area contributed by atoms with E-state index in [4.69, 9.17) is 9.52 Å². The summed E-state index contributed by atoms with van der Waals surface area (Å²) in [5, 5.41) is 12.0. The van der Waals surface area contributed by atoms with Crippen LogP contribution in [0.15, 0.2) is 22.8 Å². The van der Waals surface area contributed by atoms with Gasteiger partial charge in [0.2, 0.25) is 0 Å². The van der Waals surface area contributed by atoms with Crippen molar-refractivity contribution in [2.45, 2.75) is 38.6 Å². The summed E-state index contributed by atoms with van der Waals surface area (Å²) in [7, 11) is 0. The average molecular weight is 211 g/mol. The molecule has 0 amide bonds. The molecule has 1 aromatic rings. The number of nitrogens with one attached hydrogen (secondary N) is 1. The standard InChI is InChI=1S/C12H21NO2/c1-11(12-7-6-10-15-12)13-8-4-2-3-5-9-14/h6-7,10-11,13-14H,2-5,8-9H2,1H3. The highest BCUT2D eigenvalue weighted by atomic mass is 16.3. The number of hydrogen-bond acceptors (Lipinski definition) is 3. The molecule has 0 saturated heterocycles. The van der Waals surface area contributed by atoms with Gasteiger partial charge in [-0.05, 0) is 38.4 Å². The van der Waals surface area contributed by atoms with Crippen LogP contribution in [0.1, 0.15) is 44.4 Å². The highest BCUT2D eigenvalue weighted by Gasteiger charge is 2.05. The Kier molecular flexibility index (Phi) is 6.12. The first-order valence-corrected chi connectivity index (χ1v) is 5.72. The first-order chi connectivity index (χ1) is 7.34. The van der Waals surface area contributed by atoms with Crippen molar-refractivity contribution in [1.82, 2.24) is 5.32 Å². The first-order valence-electron chi connectivity index (χ1n) is 5.72. The Morgan fingerprint density at radius 2 is 2.13 bits per heavy atom. The second-order valence-electron chi connectivity index (χ2n) is 3.83. The summed E-state index contributed by atoms with van der Waals surface area (Å²) in [6.07, 6.45) is 6.08. The molecule has 1 unspecified atom stereocenters. The molecule has 0 saturated carbocycles. The largest absolute Gasteiger partial charge is 0.468 e. The van der Waals surface area contributed by atoms with Gasteiger partial charge in [-0.25, -0.2) is 0 Å². The number of rotatable bonds is 8. The van der Waals surface area contributed by atoms with Crippen molar-refractivity contribution in [1.29, 1.82) is 0 Å². The van der Waals surface area contributed by atoms with Crippen LogP contribution in [0.2, 0.25) is 0 Å². The molecule has 0 fully saturated rings. The van der Waals surface area contributed by atoms with Gasteiger partial charge in [0, 0.05) is 6.61 Å². The summed E-state index contributed by atoms with van der Waals surface area (Å²) >= 11 is 0. The first kappa shape index (κ1) is 12.3. The molecule has 1 atom stereocenters. The van der Waals surface area contributed by atoms with E-state index >= 15 is 0 Å². The minimum absolute atomic E-state index is 0.290. The molecule has 86 valence electrons. The summed E-state index contributed by atoms with van der Waals surface area (Å²) in [5.41, 5.74) is 0. The number of unbranched alkanes of at least 4 members (excludes halogenated alkanes) is 3. The van der Waals surface area contributed by atoms with E-state index in [0.717, 1.165) is 31.6 Å². The molecule has 1 aromatic heterocycles. The van der Waals surface area contributed by atoms with Crippen LogP contribution in [0.4, 0.5) is 0 Å². The van der Waals surface area contributed by atoms with E-state index in [1.165, 1.54) is 6.42 Å². The SMILES string of the molecule is CC(NCCCCCCO)c1ccco1. The average Bonchev–Trinajstić information content (AvgIpc) is 2.76. The van der Waals surface area contributed by atoms with E-state index in [1.54, 1.807) is 6.26 Å². The van der Waals surface area contributed by atoms with E-state index in [9.17, 15) is 0 Å². The third-order valence-electron chi connectivity index (χ3n) is 2.51. The Labute approximate surface area is 91.5 Å². The normalized spacial score (nSPS) is 12.9. The fourth-order valence-electron chi connectivity index (χ4n) is 1.55. The van der Waals surface area contributed by atoms with Crippen molar-refractivity contribution in [3.05, 3.63) is 24.2 Å². The Morgan fingerprint density at radius 1 is 1.33 bits per heavy atom. The van der Waals surface area contributed by atoms with Gasteiger partial charge < -0.3 is 14.8 Å². The zero-order valence-corrected chi connectivity index (χ0v) is 9.41. The molecule has 1 heterocycles. The maximum absolute atomic E-state index is 8.61. The highest BCUT2D eigenvalue weighted by Crippen LogP contribution is 2.12. The molecule has 0 bridgehead atoms. The quantitative estimate of drug-likeness (QED) is 0.649. The number of aliphatic hydroxyl groups is 1. The van der Waals surface area contributed by atoms with Crippen LogP contribution < -0.4 is 5.32 Å². The van der Waals surface area contributed by atoms with E-state index in [1.807, 2.05) is 12.1 Å². The molecule has 2 N–H and O–H groups in total. The molecule has 3 nitrogen and oxygen atoms in total. The van der Waals surface area contributed by atoms with Gasteiger partial charge in [-0.15, -0.1) is 0 Å². The van der Waals surface area contributed by atoms with Gasteiger partial charge in [-0.3, -0.25) is 0 Å². The number of aliphatic hydroxyl groups excluding tert-OH is 1. The van der Waals surface area contributed by atoms with Gasteiger partial charge >= 0.3 is 0 Å². The van der Waals surface area contributed by atoms with Gasteiger partial charge in [0.25, 0.3) is 0 Å².